The molecule has 0 atom stereocenters. The molecular formula is C16H14Cl2FN. The molecule has 20 heavy (non-hydrogen) atoms. The Morgan fingerprint density at radius 2 is 1.80 bits per heavy atom. The van der Waals surface area contributed by atoms with E-state index in [1.54, 1.807) is 12.1 Å². The van der Waals surface area contributed by atoms with E-state index < -0.39 is 0 Å². The number of rotatable bonds is 3. The van der Waals surface area contributed by atoms with Crippen LogP contribution < -0.4 is 5.32 Å². The van der Waals surface area contributed by atoms with Gasteiger partial charge in [-0.1, -0.05) is 41.4 Å². The summed E-state index contributed by atoms with van der Waals surface area (Å²) in [5.74, 6) is 0.180. The molecule has 1 N–H and O–H groups in total. The Hall–Kier alpha value is -1.25. The van der Waals surface area contributed by atoms with Crippen LogP contribution >= 0.6 is 23.2 Å². The van der Waals surface area contributed by atoms with Gasteiger partial charge in [0.05, 0.1) is 5.69 Å². The Bertz CT molecular complexity index is 624. The quantitative estimate of drug-likeness (QED) is 0.790. The normalized spacial score (nSPS) is 21.4. The second kappa shape index (κ2) is 5.63. The third-order valence-corrected chi connectivity index (χ3v) is 4.35. The molecule has 1 nitrogen and oxygen atoms in total. The van der Waals surface area contributed by atoms with Gasteiger partial charge in [0.1, 0.15) is 5.82 Å². The highest BCUT2D eigenvalue weighted by atomic mass is 35.5. The second-order valence-corrected chi connectivity index (χ2v) is 6.00. The smallest absolute Gasteiger partial charge is 0.146 e. The molecule has 0 amide bonds. The predicted octanol–water partition coefficient (Wildman–Crippen LogP) is 5.49. The Kier molecular flexibility index (Phi) is 3.86. The van der Waals surface area contributed by atoms with Gasteiger partial charge in [0.15, 0.2) is 0 Å². The van der Waals surface area contributed by atoms with Crippen molar-refractivity contribution in [3.05, 3.63) is 63.9 Å². The molecule has 0 aliphatic heterocycles. The first-order chi connectivity index (χ1) is 9.63. The van der Waals surface area contributed by atoms with E-state index >= 15 is 0 Å². The summed E-state index contributed by atoms with van der Waals surface area (Å²) < 4.78 is 13.6. The van der Waals surface area contributed by atoms with Crippen molar-refractivity contribution in [1.29, 1.82) is 0 Å². The number of hydrogen-bond acceptors (Lipinski definition) is 1. The lowest BCUT2D eigenvalue weighted by Crippen LogP contribution is -2.34. The molecule has 4 heteroatoms. The Morgan fingerprint density at radius 1 is 1.05 bits per heavy atom. The maximum Gasteiger partial charge on any atom is 0.146 e. The van der Waals surface area contributed by atoms with Crippen molar-refractivity contribution in [3.8, 4) is 0 Å². The van der Waals surface area contributed by atoms with Crippen LogP contribution in [0, 0.1) is 5.82 Å². The largest absolute Gasteiger partial charge is 0.380 e. The first-order valence-electron chi connectivity index (χ1n) is 6.59. The summed E-state index contributed by atoms with van der Waals surface area (Å²) in [7, 11) is 0. The second-order valence-electron chi connectivity index (χ2n) is 5.16. The number of nitrogens with one attached hydrogen (secondary N) is 1. The van der Waals surface area contributed by atoms with E-state index in [4.69, 9.17) is 23.2 Å². The number of halogens is 3. The van der Waals surface area contributed by atoms with Gasteiger partial charge in [0.2, 0.25) is 0 Å². The zero-order chi connectivity index (χ0) is 14.1. The molecule has 1 aliphatic carbocycles. The maximum absolute atomic E-state index is 13.6. The Morgan fingerprint density at radius 3 is 2.55 bits per heavy atom. The van der Waals surface area contributed by atoms with E-state index in [0.29, 0.717) is 16.6 Å². The summed E-state index contributed by atoms with van der Waals surface area (Å²) in [6.45, 7) is 0. The highest BCUT2D eigenvalue weighted by molar-refractivity contribution is 6.31. The fraction of sp³-hybridized carbons (Fsp3) is 0.250. The fourth-order valence-corrected chi connectivity index (χ4v) is 3.09. The molecule has 0 aromatic heterocycles. The molecule has 1 aliphatic rings. The van der Waals surface area contributed by atoms with E-state index in [2.05, 4.69) is 11.4 Å². The molecule has 104 valence electrons. The SMILES string of the molecule is Fc1ccc(Cl)cc1NC1CC(c2ccccc2Cl)C1. The number of anilines is 1. The van der Waals surface area contributed by atoms with Gasteiger partial charge in [-0.15, -0.1) is 0 Å². The van der Waals surface area contributed by atoms with Gasteiger partial charge in [-0.2, -0.15) is 0 Å². The van der Waals surface area contributed by atoms with E-state index in [-0.39, 0.29) is 11.9 Å². The monoisotopic (exact) mass is 309 g/mol. The van der Waals surface area contributed by atoms with Crippen LogP contribution in [0.2, 0.25) is 10.0 Å². The zero-order valence-electron chi connectivity index (χ0n) is 10.7. The van der Waals surface area contributed by atoms with Crippen LogP contribution in [0.4, 0.5) is 10.1 Å². The van der Waals surface area contributed by atoms with Gasteiger partial charge >= 0.3 is 0 Å². The summed E-state index contributed by atoms with van der Waals surface area (Å²) in [5.41, 5.74) is 1.65. The zero-order valence-corrected chi connectivity index (χ0v) is 12.3. The van der Waals surface area contributed by atoms with Crippen molar-refractivity contribution in [2.75, 3.05) is 5.32 Å². The first-order valence-corrected chi connectivity index (χ1v) is 7.35. The van der Waals surface area contributed by atoms with Crippen LogP contribution in [0.5, 0.6) is 0 Å². The molecule has 0 saturated heterocycles. The number of hydrogen-bond donors (Lipinski definition) is 1. The lowest BCUT2D eigenvalue weighted by Gasteiger charge is -2.37. The highest BCUT2D eigenvalue weighted by Crippen LogP contribution is 2.41. The van der Waals surface area contributed by atoms with Crippen LogP contribution in [-0.2, 0) is 0 Å². The molecule has 0 radical (unpaired) electrons. The van der Waals surface area contributed by atoms with Gasteiger partial charge in [-0.25, -0.2) is 4.39 Å². The highest BCUT2D eigenvalue weighted by Gasteiger charge is 2.31. The summed E-state index contributed by atoms with van der Waals surface area (Å²) in [6, 6.07) is 12.7. The fourth-order valence-electron chi connectivity index (χ4n) is 2.62. The van der Waals surface area contributed by atoms with Crippen molar-refractivity contribution in [3.63, 3.8) is 0 Å². The molecule has 2 aromatic rings. The lowest BCUT2D eigenvalue weighted by molar-refractivity contribution is 0.373. The minimum absolute atomic E-state index is 0.268. The molecule has 1 fully saturated rings. The van der Waals surface area contributed by atoms with Crippen LogP contribution in [0.15, 0.2) is 42.5 Å². The van der Waals surface area contributed by atoms with Crippen molar-refractivity contribution in [1.82, 2.24) is 0 Å². The van der Waals surface area contributed by atoms with Gasteiger partial charge in [-0.3, -0.25) is 0 Å². The van der Waals surface area contributed by atoms with Gasteiger partial charge < -0.3 is 5.32 Å². The van der Waals surface area contributed by atoms with Crippen LogP contribution in [-0.4, -0.2) is 6.04 Å². The molecule has 3 rings (SSSR count). The lowest BCUT2D eigenvalue weighted by atomic mass is 9.76. The maximum atomic E-state index is 13.6. The van der Waals surface area contributed by atoms with Crippen molar-refractivity contribution in [2.45, 2.75) is 24.8 Å². The van der Waals surface area contributed by atoms with Crippen LogP contribution in [0.3, 0.4) is 0 Å². The predicted molar refractivity (Wildman–Crippen MR) is 82.2 cm³/mol. The van der Waals surface area contributed by atoms with E-state index in [1.807, 2.05) is 18.2 Å². The average molecular weight is 310 g/mol. The molecular weight excluding hydrogens is 296 g/mol. The summed E-state index contributed by atoms with van der Waals surface area (Å²) >= 11 is 12.1. The molecule has 1 saturated carbocycles. The molecule has 0 unspecified atom stereocenters. The van der Waals surface area contributed by atoms with Gasteiger partial charge in [0.25, 0.3) is 0 Å². The summed E-state index contributed by atoms with van der Waals surface area (Å²) in [4.78, 5) is 0. The van der Waals surface area contributed by atoms with Gasteiger partial charge in [0, 0.05) is 16.1 Å². The molecule has 2 aromatic carbocycles. The van der Waals surface area contributed by atoms with Crippen molar-refractivity contribution < 1.29 is 4.39 Å². The topological polar surface area (TPSA) is 12.0 Å². The minimum atomic E-state index is -0.268. The average Bonchev–Trinajstić information content (AvgIpc) is 2.38. The molecule has 0 heterocycles. The Labute approximate surface area is 127 Å². The van der Waals surface area contributed by atoms with Crippen molar-refractivity contribution in [2.24, 2.45) is 0 Å². The first kappa shape index (κ1) is 13.7. The van der Waals surface area contributed by atoms with E-state index in [9.17, 15) is 4.39 Å². The minimum Gasteiger partial charge on any atom is -0.380 e. The van der Waals surface area contributed by atoms with Gasteiger partial charge in [-0.05, 0) is 48.6 Å². The molecule has 0 bridgehead atoms. The van der Waals surface area contributed by atoms with Crippen LogP contribution in [0.1, 0.15) is 24.3 Å². The summed E-state index contributed by atoms with van der Waals surface area (Å²) in [5, 5.41) is 4.55. The van der Waals surface area contributed by atoms with E-state index in [1.165, 1.54) is 11.6 Å². The van der Waals surface area contributed by atoms with E-state index in [0.717, 1.165) is 17.9 Å². The molecule has 0 spiro atoms. The Balaban J connectivity index is 1.64. The van der Waals surface area contributed by atoms with Crippen LogP contribution in [0.25, 0.3) is 0 Å². The third kappa shape index (κ3) is 2.77. The third-order valence-electron chi connectivity index (χ3n) is 3.77. The van der Waals surface area contributed by atoms with Crippen molar-refractivity contribution >= 4 is 28.9 Å². The summed E-state index contributed by atoms with van der Waals surface area (Å²) in [6.07, 6.45) is 1.91. The standard InChI is InChI=1S/C16H14Cl2FN/c17-11-5-6-15(19)16(9-11)20-12-7-10(8-12)13-3-1-2-4-14(13)18/h1-6,9-10,12,20H,7-8H2. The number of benzene rings is 2.